The maximum absolute atomic E-state index is 12.4. The van der Waals surface area contributed by atoms with E-state index < -0.39 is 17.9 Å². The number of carboxylic acid groups (broad SMARTS) is 1. The number of hydrogen-bond donors (Lipinski definition) is 1. The third-order valence-corrected chi connectivity index (χ3v) is 5.24. The molecule has 0 fully saturated rings. The molecule has 0 aliphatic heterocycles. The van der Waals surface area contributed by atoms with Gasteiger partial charge in [0.05, 0.1) is 0 Å². The molecule has 1 N–H and O–H groups in total. The Labute approximate surface area is 206 Å². The zero-order valence-electron chi connectivity index (χ0n) is 19.7. The lowest BCUT2D eigenvalue weighted by molar-refractivity contribution is -0.274. The minimum atomic E-state index is -4.76. The summed E-state index contributed by atoms with van der Waals surface area (Å²) in [6, 6.07) is 16.0. The van der Waals surface area contributed by atoms with Gasteiger partial charge in [-0.15, -0.1) is 13.2 Å². The Balaban J connectivity index is 1.72. The van der Waals surface area contributed by atoms with Crippen molar-refractivity contribution in [3.8, 4) is 11.5 Å². The number of benzene rings is 2. The number of ether oxygens (including phenoxy) is 2. The van der Waals surface area contributed by atoms with Crippen molar-refractivity contribution in [2.45, 2.75) is 38.8 Å². The van der Waals surface area contributed by atoms with Crippen molar-refractivity contribution in [2.75, 3.05) is 11.4 Å². The fourth-order valence-corrected chi connectivity index (χ4v) is 3.27. The minimum Gasteiger partial charge on any atom is -0.478 e. The molecule has 3 rings (SSSR count). The molecule has 190 valence electrons. The van der Waals surface area contributed by atoms with Crippen molar-refractivity contribution in [3.05, 3.63) is 83.6 Å². The summed E-state index contributed by atoms with van der Waals surface area (Å²) < 4.78 is 46.8. The number of alkyl halides is 3. The Morgan fingerprint density at radius 1 is 0.944 bits per heavy atom. The van der Waals surface area contributed by atoms with Gasteiger partial charge in [0.1, 0.15) is 17.3 Å². The molecule has 7 nitrogen and oxygen atoms in total. The van der Waals surface area contributed by atoms with Crippen LogP contribution in [0.15, 0.2) is 66.9 Å². The molecule has 0 unspecified atom stereocenters. The predicted octanol–water partition coefficient (Wildman–Crippen LogP) is 5.28. The lowest BCUT2D eigenvalue weighted by atomic mass is 10.1. The number of carbonyl (C=O) groups excluding carboxylic acids is 1. The smallest absolute Gasteiger partial charge is 0.478 e. The summed E-state index contributed by atoms with van der Waals surface area (Å²) in [4.78, 5) is 28.5. The van der Waals surface area contributed by atoms with Crippen LogP contribution in [0.3, 0.4) is 0 Å². The average molecular weight is 502 g/mol. The van der Waals surface area contributed by atoms with Crippen LogP contribution in [0.25, 0.3) is 0 Å². The van der Waals surface area contributed by atoms with E-state index >= 15 is 0 Å². The van der Waals surface area contributed by atoms with Crippen LogP contribution < -0.4 is 14.4 Å². The minimum absolute atomic E-state index is 0.306. The molecule has 0 amide bonds. The Morgan fingerprint density at radius 2 is 1.53 bits per heavy atom. The third kappa shape index (κ3) is 7.72. The van der Waals surface area contributed by atoms with Crippen LogP contribution in [-0.2, 0) is 17.8 Å². The topological polar surface area (TPSA) is 89.0 Å². The summed E-state index contributed by atoms with van der Waals surface area (Å²) >= 11 is 0. The second-order valence-electron chi connectivity index (χ2n) is 8.49. The number of rotatable bonds is 11. The molecule has 3 aromatic rings. The SMILES string of the molecule is CC(C)(Oc1ccc(CCN(Cc2ccc(OC(F)(F)F)cc2)c2ccc(C=O)cn2)cc1)C(=O)O. The van der Waals surface area contributed by atoms with Gasteiger partial charge in [-0.1, -0.05) is 24.3 Å². The highest BCUT2D eigenvalue weighted by Gasteiger charge is 2.31. The molecule has 0 atom stereocenters. The fraction of sp³-hybridized carbons (Fsp3) is 0.269. The first-order valence-corrected chi connectivity index (χ1v) is 11.0. The summed E-state index contributed by atoms with van der Waals surface area (Å²) in [6.07, 6.45) is -2.03. The predicted molar refractivity (Wildman–Crippen MR) is 126 cm³/mol. The van der Waals surface area contributed by atoms with E-state index in [4.69, 9.17) is 4.74 Å². The van der Waals surface area contributed by atoms with E-state index in [-0.39, 0.29) is 5.75 Å². The van der Waals surface area contributed by atoms with Crippen molar-refractivity contribution in [1.29, 1.82) is 0 Å². The number of aromatic nitrogens is 1. The standard InChI is InChI=1S/C26H25F3N2O5/c1-25(2,24(33)34)35-21-8-3-18(4-9-21)13-14-31(23-12-7-20(17-32)15-30-23)16-19-5-10-22(11-6-19)36-26(27,28)29/h3-12,15,17H,13-14,16H2,1-2H3,(H,33,34). The highest BCUT2D eigenvalue weighted by atomic mass is 19.4. The summed E-state index contributed by atoms with van der Waals surface area (Å²) in [5, 5.41) is 9.22. The number of aliphatic carboxylic acids is 1. The quantitative estimate of drug-likeness (QED) is 0.357. The molecule has 0 spiro atoms. The number of nitrogens with zero attached hydrogens (tertiary/aromatic N) is 2. The molecular weight excluding hydrogens is 477 g/mol. The summed E-state index contributed by atoms with van der Waals surface area (Å²) in [6.45, 7) is 3.79. The van der Waals surface area contributed by atoms with Crippen molar-refractivity contribution in [2.24, 2.45) is 0 Å². The molecule has 0 radical (unpaired) electrons. The zero-order chi connectivity index (χ0) is 26.3. The highest BCUT2D eigenvalue weighted by molar-refractivity contribution is 5.76. The Morgan fingerprint density at radius 3 is 2.03 bits per heavy atom. The van der Waals surface area contributed by atoms with Gasteiger partial charge in [-0.05, 0) is 67.8 Å². The van der Waals surface area contributed by atoms with Gasteiger partial charge in [-0.25, -0.2) is 9.78 Å². The van der Waals surface area contributed by atoms with Crippen LogP contribution in [0.5, 0.6) is 11.5 Å². The van der Waals surface area contributed by atoms with Gasteiger partial charge in [0.15, 0.2) is 11.9 Å². The normalized spacial score (nSPS) is 11.6. The first kappa shape index (κ1) is 26.5. The largest absolute Gasteiger partial charge is 0.573 e. The van der Waals surface area contributed by atoms with Crippen molar-refractivity contribution in [1.82, 2.24) is 4.98 Å². The summed E-state index contributed by atoms with van der Waals surface area (Å²) in [5.41, 5.74) is 0.759. The molecule has 0 saturated heterocycles. The Kier molecular flexibility index (Phi) is 8.18. The first-order chi connectivity index (χ1) is 16.9. The van der Waals surface area contributed by atoms with Crippen LogP contribution in [0.1, 0.15) is 35.3 Å². The van der Waals surface area contributed by atoms with E-state index in [0.29, 0.717) is 42.9 Å². The van der Waals surface area contributed by atoms with Gasteiger partial charge in [-0.2, -0.15) is 0 Å². The monoisotopic (exact) mass is 502 g/mol. The molecule has 1 aromatic heterocycles. The molecule has 36 heavy (non-hydrogen) atoms. The number of carboxylic acids is 1. The zero-order valence-corrected chi connectivity index (χ0v) is 19.7. The lowest BCUT2D eigenvalue weighted by Gasteiger charge is -2.24. The maximum Gasteiger partial charge on any atom is 0.573 e. The van der Waals surface area contributed by atoms with Crippen molar-refractivity contribution in [3.63, 3.8) is 0 Å². The molecule has 10 heteroatoms. The van der Waals surface area contributed by atoms with E-state index in [2.05, 4.69) is 9.72 Å². The fourth-order valence-electron chi connectivity index (χ4n) is 3.27. The van der Waals surface area contributed by atoms with Crippen LogP contribution >= 0.6 is 0 Å². The van der Waals surface area contributed by atoms with Gasteiger partial charge in [0.2, 0.25) is 0 Å². The van der Waals surface area contributed by atoms with Gasteiger partial charge in [0, 0.05) is 24.8 Å². The molecule has 2 aromatic carbocycles. The second kappa shape index (κ2) is 11.1. The van der Waals surface area contributed by atoms with Crippen LogP contribution in [-0.4, -0.2) is 40.9 Å². The van der Waals surface area contributed by atoms with E-state index in [1.165, 1.54) is 32.2 Å². The highest BCUT2D eigenvalue weighted by Crippen LogP contribution is 2.24. The third-order valence-electron chi connectivity index (χ3n) is 5.24. The van der Waals surface area contributed by atoms with Crippen LogP contribution in [0, 0.1) is 0 Å². The molecule has 0 aliphatic carbocycles. The van der Waals surface area contributed by atoms with E-state index in [1.54, 1.807) is 36.4 Å². The number of pyridine rings is 1. The number of halogens is 3. The van der Waals surface area contributed by atoms with Gasteiger partial charge < -0.3 is 19.5 Å². The van der Waals surface area contributed by atoms with Crippen molar-refractivity contribution >= 4 is 18.1 Å². The molecule has 0 saturated carbocycles. The van der Waals surface area contributed by atoms with Crippen LogP contribution in [0.2, 0.25) is 0 Å². The number of anilines is 1. The molecule has 0 bridgehead atoms. The number of carbonyl (C=O) groups is 2. The van der Waals surface area contributed by atoms with Crippen LogP contribution in [0.4, 0.5) is 19.0 Å². The molecular formula is C26H25F3N2O5. The lowest BCUT2D eigenvalue weighted by Crippen LogP contribution is -2.37. The van der Waals surface area contributed by atoms with E-state index in [0.717, 1.165) is 11.1 Å². The van der Waals surface area contributed by atoms with Gasteiger partial charge in [0.25, 0.3) is 0 Å². The molecule has 0 aliphatic rings. The maximum atomic E-state index is 12.4. The van der Waals surface area contributed by atoms with E-state index in [1.807, 2.05) is 17.0 Å². The average Bonchev–Trinajstić information content (AvgIpc) is 2.82. The number of aldehydes is 1. The summed E-state index contributed by atoms with van der Waals surface area (Å²) in [5.74, 6) is -0.359. The number of hydrogen-bond acceptors (Lipinski definition) is 6. The van der Waals surface area contributed by atoms with Crippen molar-refractivity contribution < 1.29 is 37.3 Å². The van der Waals surface area contributed by atoms with E-state index in [9.17, 15) is 27.9 Å². The van der Waals surface area contributed by atoms with Gasteiger partial charge >= 0.3 is 12.3 Å². The molecule has 1 heterocycles. The Bertz CT molecular complexity index is 1160. The second-order valence-corrected chi connectivity index (χ2v) is 8.49. The summed E-state index contributed by atoms with van der Waals surface area (Å²) in [7, 11) is 0. The van der Waals surface area contributed by atoms with Gasteiger partial charge in [-0.3, -0.25) is 4.79 Å². The first-order valence-electron chi connectivity index (χ1n) is 11.0. The Hall–Kier alpha value is -4.08.